The average molecular weight is 326 g/mol. The Balaban J connectivity index is 1.73. The van der Waals surface area contributed by atoms with Crippen molar-refractivity contribution in [1.29, 1.82) is 0 Å². The van der Waals surface area contributed by atoms with Crippen molar-refractivity contribution in [2.45, 2.75) is 115 Å². The molecule has 0 bridgehead atoms. The van der Waals surface area contributed by atoms with Crippen LogP contribution in [0.4, 0.5) is 0 Å². The Morgan fingerprint density at radius 3 is 1.61 bits per heavy atom. The van der Waals surface area contributed by atoms with E-state index in [1.165, 1.54) is 83.5 Å². The summed E-state index contributed by atoms with van der Waals surface area (Å²) in [5.41, 5.74) is 4.91. The van der Waals surface area contributed by atoms with Gasteiger partial charge in [-0.3, -0.25) is 4.79 Å². The van der Waals surface area contributed by atoms with Gasteiger partial charge < -0.3 is 10.8 Å². The number of carbonyl (C=O) groups is 1. The van der Waals surface area contributed by atoms with E-state index >= 15 is 0 Å². The zero-order valence-electron chi connectivity index (χ0n) is 15.3. The van der Waals surface area contributed by atoms with Gasteiger partial charge in [-0.2, -0.15) is 0 Å². The third-order valence-electron chi connectivity index (χ3n) is 5.46. The largest absolute Gasteiger partial charge is 0.480 e. The molecule has 2 atom stereocenters. The molecular weight excluding hydrogens is 286 g/mol. The summed E-state index contributed by atoms with van der Waals surface area (Å²) in [6, 6.07) is 0. The molecule has 3 heteroatoms. The Bertz CT molecular complexity index is 319. The second-order valence-corrected chi connectivity index (χ2v) is 7.63. The summed E-state index contributed by atoms with van der Waals surface area (Å²) < 4.78 is 0. The van der Waals surface area contributed by atoms with Crippen molar-refractivity contribution in [3.05, 3.63) is 0 Å². The molecule has 23 heavy (non-hydrogen) atoms. The van der Waals surface area contributed by atoms with Crippen LogP contribution in [0.2, 0.25) is 0 Å². The van der Waals surface area contributed by atoms with Crippen LogP contribution in [0.1, 0.15) is 110 Å². The molecule has 0 heterocycles. The van der Waals surface area contributed by atoms with Gasteiger partial charge in [-0.15, -0.1) is 0 Å². The monoisotopic (exact) mass is 325 g/mol. The lowest BCUT2D eigenvalue weighted by atomic mass is 10.0. The molecule has 0 aliphatic heterocycles. The molecule has 136 valence electrons. The molecule has 0 amide bonds. The maximum atomic E-state index is 10.9. The molecule has 0 aromatic carbocycles. The number of carboxylic acid groups (broad SMARTS) is 1. The number of hydrogen-bond donors (Lipinski definition) is 2. The molecule has 0 radical (unpaired) electrons. The summed E-state index contributed by atoms with van der Waals surface area (Å²) in [6.45, 7) is 2.27. The van der Waals surface area contributed by atoms with Gasteiger partial charge in [0.1, 0.15) is 5.54 Å². The molecule has 1 rings (SSSR count). The van der Waals surface area contributed by atoms with Gasteiger partial charge in [0.15, 0.2) is 0 Å². The smallest absolute Gasteiger partial charge is 0.323 e. The first-order valence-corrected chi connectivity index (χ1v) is 10.1. The molecule has 0 aromatic rings. The lowest BCUT2D eigenvalue weighted by Gasteiger charge is -2.05. The normalized spacial score (nSPS) is 23.1. The minimum Gasteiger partial charge on any atom is -0.480 e. The van der Waals surface area contributed by atoms with Gasteiger partial charge in [0.05, 0.1) is 0 Å². The van der Waals surface area contributed by atoms with Gasteiger partial charge in [-0.05, 0) is 18.8 Å². The highest BCUT2D eigenvalue weighted by atomic mass is 16.4. The molecule has 1 aliphatic carbocycles. The maximum Gasteiger partial charge on any atom is 0.323 e. The van der Waals surface area contributed by atoms with Crippen LogP contribution >= 0.6 is 0 Å². The predicted octanol–water partition coefficient (Wildman–Crippen LogP) is 5.66. The predicted molar refractivity (Wildman–Crippen MR) is 97.6 cm³/mol. The Morgan fingerprint density at radius 2 is 1.26 bits per heavy atom. The SMILES string of the molecule is CCCCCCCCCCCCCCCCC1CC1(N)C(=O)O. The third-order valence-corrected chi connectivity index (χ3v) is 5.46. The second kappa shape index (κ2) is 11.9. The van der Waals surface area contributed by atoms with E-state index in [4.69, 9.17) is 10.8 Å². The summed E-state index contributed by atoms with van der Waals surface area (Å²) in [6.07, 6.45) is 20.8. The summed E-state index contributed by atoms with van der Waals surface area (Å²) in [5.74, 6) is -0.579. The van der Waals surface area contributed by atoms with Crippen molar-refractivity contribution in [2.24, 2.45) is 11.7 Å². The fraction of sp³-hybridized carbons (Fsp3) is 0.950. The van der Waals surface area contributed by atoms with Gasteiger partial charge in [-0.25, -0.2) is 0 Å². The number of carboxylic acids is 1. The highest BCUT2D eigenvalue weighted by molar-refractivity contribution is 5.82. The van der Waals surface area contributed by atoms with Gasteiger partial charge in [-0.1, -0.05) is 96.8 Å². The van der Waals surface area contributed by atoms with Crippen molar-refractivity contribution >= 4 is 5.97 Å². The number of nitrogens with two attached hydrogens (primary N) is 1. The minimum atomic E-state index is -0.878. The van der Waals surface area contributed by atoms with Crippen LogP contribution in [-0.2, 0) is 4.79 Å². The summed E-state index contributed by atoms with van der Waals surface area (Å²) in [7, 11) is 0. The minimum absolute atomic E-state index is 0.234. The summed E-state index contributed by atoms with van der Waals surface area (Å²) in [4.78, 5) is 10.9. The quantitative estimate of drug-likeness (QED) is 0.360. The number of unbranched alkanes of at least 4 members (excludes halogenated alkanes) is 13. The summed E-state index contributed by atoms with van der Waals surface area (Å²) in [5, 5.41) is 8.97. The topological polar surface area (TPSA) is 63.3 Å². The van der Waals surface area contributed by atoms with Gasteiger partial charge in [0, 0.05) is 0 Å². The van der Waals surface area contributed by atoms with Crippen LogP contribution in [0.5, 0.6) is 0 Å². The van der Waals surface area contributed by atoms with Crippen molar-refractivity contribution < 1.29 is 9.90 Å². The first-order valence-electron chi connectivity index (χ1n) is 10.1. The van der Waals surface area contributed by atoms with E-state index in [-0.39, 0.29) is 5.92 Å². The van der Waals surface area contributed by atoms with E-state index in [0.717, 1.165) is 12.8 Å². The number of hydrogen-bond acceptors (Lipinski definition) is 2. The summed E-state index contributed by atoms with van der Waals surface area (Å²) >= 11 is 0. The zero-order chi connectivity index (χ0) is 17.0. The molecule has 1 fully saturated rings. The van der Waals surface area contributed by atoms with E-state index < -0.39 is 11.5 Å². The third kappa shape index (κ3) is 8.74. The van der Waals surface area contributed by atoms with E-state index in [0.29, 0.717) is 6.42 Å². The molecule has 0 aromatic heterocycles. The fourth-order valence-electron chi connectivity index (χ4n) is 3.56. The van der Waals surface area contributed by atoms with Crippen LogP contribution in [-0.4, -0.2) is 16.6 Å². The van der Waals surface area contributed by atoms with Crippen molar-refractivity contribution in [1.82, 2.24) is 0 Å². The van der Waals surface area contributed by atoms with Crippen LogP contribution in [0.25, 0.3) is 0 Å². The first-order chi connectivity index (χ1) is 11.1. The van der Waals surface area contributed by atoms with E-state index in [1.54, 1.807) is 0 Å². The second-order valence-electron chi connectivity index (χ2n) is 7.63. The highest BCUT2D eigenvalue weighted by Crippen LogP contribution is 2.44. The molecule has 1 saturated carbocycles. The van der Waals surface area contributed by atoms with Crippen LogP contribution in [0, 0.1) is 5.92 Å². The molecule has 3 N–H and O–H groups in total. The van der Waals surface area contributed by atoms with Gasteiger partial charge >= 0.3 is 5.97 Å². The average Bonchev–Trinajstić information content (AvgIpc) is 3.20. The lowest BCUT2D eigenvalue weighted by Crippen LogP contribution is -2.35. The van der Waals surface area contributed by atoms with Crippen LogP contribution in [0.3, 0.4) is 0 Å². The fourth-order valence-corrected chi connectivity index (χ4v) is 3.56. The van der Waals surface area contributed by atoms with Crippen molar-refractivity contribution in [3.63, 3.8) is 0 Å². The molecule has 0 saturated heterocycles. The number of aliphatic carboxylic acids is 1. The van der Waals surface area contributed by atoms with Crippen molar-refractivity contribution in [3.8, 4) is 0 Å². The maximum absolute atomic E-state index is 10.9. The molecule has 0 spiro atoms. The molecule has 1 aliphatic rings. The van der Waals surface area contributed by atoms with Crippen molar-refractivity contribution in [2.75, 3.05) is 0 Å². The molecule has 2 unspecified atom stereocenters. The zero-order valence-corrected chi connectivity index (χ0v) is 15.3. The molecule has 3 nitrogen and oxygen atoms in total. The Hall–Kier alpha value is -0.570. The Morgan fingerprint density at radius 1 is 0.870 bits per heavy atom. The van der Waals surface area contributed by atoms with Crippen LogP contribution < -0.4 is 5.73 Å². The molecular formula is C20H39NO2. The first kappa shape index (κ1) is 20.5. The van der Waals surface area contributed by atoms with E-state index in [2.05, 4.69) is 6.92 Å². The van der Waals surface area contributed by atoms with Gasteiger partial charge in [0.2, 0.25) is 0 Å². The lowest BCUT2D eigenvalue weighted by molar-refractivity contribution is -0.140. The Kier molecular flexibility index (Phi) is 10.6. The number of rotatable bonds is 16. The standard InChI is InChI=1S/C20H39NO2/c1-2-3-4-5-6-7-8-9-10-11-12-13-14-15-16-18-17-20(18,21)19(22)23/h18H,2-17,21H2,1H3,(H,22,23). The van der Waals surface area contributed by atoms with E-state index in [1.807, 2.05) is 0 Å². The van der Waals surface area contributed by atoms with Crippen LogP contribution in [0.15, 0.2) is 0 Å². The Labute approximate surface area is 143 Å². The van der Waals surface area contributed by atoms with Gasteiger partial charge in [0.25, 0.3) is 0 Å². The van der Waals surface area contributed by atoms with E-state index in [9.17, 15) is 4.79 Å². The highest BCUT2D eigenvalue weighted by Gasteiger charge is 2.56.